The van der Waals surface area contributed by atoms with Gasteiger partial charge in [0.25, 0.3) is 0 Å². The Hall–Kier alpha value is -3.34. The van der Waals surface area contributed by atoms with Gasteiger partial charge < -0.3 is 19.7 Å². The second-order valence-corrected chi connectivity index (χ2v) is 9.39. The zero-order chi connectivity index (χ0) is 23.9. The average Bonchev–Trinajstić information content (AvgIpc) is 3.28. The van der Waals surface area contributed by atoms with Crippen LogP contribution in [-0.2, 0) is 11.3 Å². The van der Waals surface area contributed by atoms with Gasteiger partial charge >= 0.3 is 0 Å². The summed E-state index contributed by atoms with van der Waals surface area (Å²) in [6, 6.07) is 6.29. The molecule has 1 saturated carbocycles. The van der Waals surface area contributed by atoms with Crippen LogP contribution in [0.5, 0.6) is 5.88 Å². The van der Waals surface area contributed by atoms with E-state index < -0.39 is 17.7 Å². The lowest BCUT2D eigenvalue weighted by molar-refractivity contribution is 0.0782. The lowest BCUT2D eigenvalue weighted by Gasteiger charge is -2.39. The highest BCUT2D eigenvalue weighted by atomic mass is 19.2. The highest BCUT2D eigenvalue weighted by Gasteiger charge is 2.43. The van der Waals surface area contributed by atoms with Gasteiger partial charge in [-0.15, -0.1) is 10.2 Å². The molecule has 1 N–H and O–H groups in total. The number of nitrogens with one attached hydrogen (secondary N) is 1. The van der Waals surface area contributed by atoms with Gasteiger partial charge in [-0.1, -0.05) is 12.1 Å². The highest BCUT2D eigenvalue weighted by molar-refractivity contribution is 5.48. The van der Waals surface area contributed by atoms with E-state index in [1.807, 2.05) is 6.07 Å². The average molecular weight is 484 g/mol. The van der Waals surface area contributed by atoms with Gasteiger partial charge in [0.1, 0.15) is 6.10 Å². The fourth-order valence-electron chi connectivity index (χ4n) is 5.64. The van der Waals surface area contributed by atoms with Gasteiger partial charge in [0.2, 0.25) is 11.8 Å². The van der Waals surface area contributed by atoms with Crippen molar-refractivity contribution in [2.45, 2.75) is 38.0 Å². The molecule has 2 aliphatic heterocycles. The zero-order valence-corrected chi connectivity index (χ0v) is 19.4. The van der Waals surface area contributed by atoms with E-state index in [1.54, 1.807) is 24.1 Å². The van der Waals surface area contributed by atoms with Crippen LogP contribution in [-0.4, -0.2) is 57.8 Å². The Bertz CT molecular complexity index is 1210. The van der Waals surface area contributed by atoms with E-state index in [0.29, 0.717) is 42.6 Å². The highest BCUT2D eigenvalue weighted by Crippen LogP contribution is 2.40. The summed E-state index contributed by atoms with van der Waals surface area (Å²) >= 11 is 0. The maximum Gasteiger partial charge on any atom is 0.242 e. The minimum absolute atomic E-state index is 0.141. The van der Waals surface area contributed by atoms with Gasteiger partial charge in [-0.05, 0) is 37.2 Å². The van der Waals surface area contributed by atoms with Gasteiger partial charge in [-0.25, -0.2) is 13.5 Å². The van der Waals surface area contributed by atoms with Crippen LogP contribution in [0.25, 0.3) is 0 Å². The number of halogens is 2. The third-order valence-electron chi connectivity index (χ3n) is 7.32. The van der Waals surface area contributed by atoms with Crippen molar-refractivity contribution < 1.29 is 18.3 Å². The Labute approximate surface area is 201 Å². The first-order valence-corrected chi connectivity index (χ1v) is 12.0. The predicted molar refractivity (Wildman–Crippen MR) is 123 cm³/mol. The first kappa shape index (κ1) is 22.1. The second kappa shape index (κ2) is 9.03. The van der Waals surface area contributed by atoms with E-state index in [4.69, 9.17) is 14.5 Å². The Kier molecular flexibility index (Phi) is 5.71. The molecule has 1 aromatic carbocycles. The summed E-state index contributed by atoms with van der Waals surface area (Å²) in [5, 5.41) is 16.3. The fourth-order valence-corrected chi connectivity index (χ4v) is 5.64. The molecule has 2 bridgehead atoms. The van der Waals surface area contributed by atoms with Crippen molar-refractivity contribution in [3.8, 4) is 5.88 Å². The number of aryl methyl sites for hydroxylation is 1. The Morgan fingerprint density at radius 3 is 2.80 bits per heavy atom. The normalized spacial score (nSPS) is 25.7. The third kappa shape index (κ3) is 4.07. The summed E-state index contributed by atoms with van der Waals surface area (Å²) in [6.07, 6.45) is 3.92. The third-order valence-corrected chi connectivity index (χ3v) is 7.32. The van der Waals surface area contributed by atoms with E-state index in [1.165, 1.54) is 6.07 Å². The molecule has 1 saturated heterocycles. The molecular weight excluding hydrogens is 456 g/mol. The number of piperidine rings is 1. The molecule has 0 amide bonds. The van der Waals surface area contributed by atoms with E-state index in [2.05, 4.69) is 25.5 Å². The number of benzene rings is 1. The Morgan fingerprint density at radius 2 is 2.00 bits per heavy atom. The molecule has 0 spiro atoms. The van der Waals surface area contributed by atoms with Gasteiger partial charge in [-0.2, -0.15) is 10.1 Å². The number of nitrogens with zero attached hydrogens (tertiary/aromatic N) is 6. The van der Waals surface area contributed by atoms with Crippen LogP contribution in [0.4, 0.5) is 20.4 Å². The molecule has 2 unspecified atom stereocenters. The molecule has 4 heterocycles. The summed E-state index contributed by atoms with van der Waals surface area (Å²) in [5.74, 6) is 0.545. The Balaban J connectivity index is 1.22. The number of hydrogen-bond donors (Lipinski definition) is 1. The molecule has 4 atom stereocenters. The van der Waals surface area contributed by atoms with Crippen LogP contribution in [0.3, 0.4) is 0 Å². The van der Waals surface area contributed by atoms with Crippen molar-refractivity contribution in [3.05, 3.63) is 53.5 Å². The number of fused-ring (bicyclic) bond motifs is 3. The molecule has 2 fully saturated rings. The molecular formula is C24H27F2N7O2. The van der Waals surface area contributed by atoms with E-state index in [-0.39, 0.29) is 11.6 Å². The van der Waals surface area contributed by atoms with Gasteiger partial charge in [0.05, 0.1) is 19.0 Å². The standard InChI is InChI=1S/C24H27F2N7O2/c1-34-19-10-16(11-27-30-19)32-12-14-6-7-15(13-32)21(14)28-24-29-23-22(35-9-3-8-33(23)31-24)17-4-2-5-18(25)20(17)26/h2,4-5,10-11,14-15,21-22H,3,6-9,12-13H2,1H3,(H,28,31)/t14-,15?,21?,22-/m0/s1. The van der Waals surface area contributed by atoms with Gasteiger partial charge in [-0.3, -0.25) is 0 Å². The summed E-state index contributed by atoms with van der Waals surface area (Å²) in [6.45, 7) is 2.80. The molecule has 3 aliphatic rings. The quantitative estimate of drug-likeness (QED) is 0.592. The van der Waals surface area contributed by atoms with Crippen LogP contribution in [0.1, 0.15) is 36.8 Å². The second-order valence-electron chi connectivity index (χ2n) is 9.39. The van der Waals surface area contributed by atoms with Crippen molar-refractivity contribution in [1.82, 2.24) is 25.0 Å². The van der Waals surface area contributed by atoms with Crippen LogP contribution in [0, 0.1) is 23.5 Å². The van der Waals surface area contributed by atoms with Crippen molar-refractivity contribution in [1.29, 1.82) is 0 Å². The summed E-state index contributed by atoms with van der Waals surface area (Å²) in [7, 11) is 1.59. The van der Waals surface area contributed by atoms with Crippen LogP contribution in [0.2, 0.25) is 0 Å². The van der Waals surface area contributed by atoms with Crippen molar-refractivity contribution in [3.63, 3.8) is 0 Å². The van der Waals surface area contributed by atoms with Crippen molar-refractivity contribution in [2.24, 2.45) is 11.8 Å². The zero-order valence-electron chi connectivity index (χ0n) is 19.4. The maximum absolute atomic E-state index is 14.6. The van der Waals surface area contributed by atoms with E-state index in [0.717, 1.165) is 44.1 Å². The number of rotatable bonds is 5. The largest absolute Gasteiger partial charge is 0.480 e. The SMILES string of the molecule is COc1cc(N2CC3CC[C@@H](C2)C3Nc2nc3n(n2)CCCO[C@H]3c2cccc(F)c2F)cnn1. The van der Waals surface area contributed by atoms with Crippen LogP contribution in [0.15, 0.2) is 30.5 Å². The molecule has 9 nitrogen and oxygen atoms in total. The molecule has 2 aromatic heterocycles. The lowest BCUT2D eigenvalue weighted by atomic mass is 9.92. The predicted octanol–water partition coefficient (Wildman–Crippen LogP) is 3.19. The number of anilines is 2. The first-order chi connectivity index (χ1) is 17.1. The number of methoxy groups -OCH3 is 1. The van der Waals surface area contributed by atoms with Crippen molar-refractivity contribution >= 4 is 11.6 Å². The van der Waals surface area contributed by atoms with E-state index >= 15 is 0 Å². The summed E-state index contributed by atoms with van der Waals surface area (Å²) in [4.78, 5) is 7.05. The summed E-state index contributed by atoms with van der Waals surface area (Å²) < 4.78 is 41.4. The molecule has 6 rings (SSSR count). The molecule has 35 heavy (non-hydrogen) atoms. The number of aromatic nitrogens is 5. The van der Waals surface area contributed by atoms with Gasteiger partial charge in [0.15, 0.2) is 17.5 Å². The Morgan fingerprint density at radius 1 is 1.17 bits per heavy atom. The monoisotopic (exact) mass is 483 g/mol. The maximum atomic E-state index is 14.6. The molecule has 184 valence electrons. The first-order valence-electron chi connectivity index (χ1n) is 12.0. The minimum atomic E-state index is -0.906. The van der Waals surface area contributed by atoms with Crippen molar-refractivity contribution in [2.75, 3.05) is 37.0 Å². The summed E-state index contributed by atoms with van der Waals surface area (Å²) in [5.41, 5.74) is 1.15. The lowest BCUT2D eigenvalue weighted by Crippen LogP contribution is -2.48. The van der Waals surface area contributed by atoms with Crippen LogP contribution >= 0.6 is 0 Å². The molecule has 3 aromatic rings. The number of ether oxygens (including phenoxy) is 2. The number of hydrogen-bond acceptors (Lipinski definition) is 8. The van der Waals surface area contributed by atoms with Gasteiger partial charge in [0, 0.05) is 43.9 Å². The molecule has 0 radical (unpaired) electrons. The molecule has 11 heteroatoms. The smallest absolute Gasteiger partial charge is 0.242 e. The fraction of sp³-hybridized carbons (Fsp3) is 0.500. The van der Waals surface area contributed by atoms with Crippen LogP contribution < -0.4 is 15.0 Å². The topological polar surface area (TPSA) is 90.2 Å². The molecule has 1 aliphatic carbocycles. The van der Waals surface area contributed by atoms with E-state index in [9.17, 15) is 8.78 Å². The minimum Gasteiger partial charge on any atom is -0.480 e.